The van der Waals surface area contributed by atoms with E-state index in [1.54, 1.807) is 6.08 Å². The molecule has 1 heterocycles. The van der Waals surface area contributed by atoms with E-state index >= 15 is 0 Å². The van der Waals surface area contributed by atoms with E-state index in [1.165, 1.54) is 44.6 Å². The van der Waals surface area contributed by atoms with Gasteiger partial charge >= 0.3 is 10.4 Å². The molecule has 0 aliphatic carbocycles. The van der Waals surface area contributed by atoms with Crippen LogP contribution < -0.4 is 5.32 Å². The average Bonchev–Trinajstić information content (AvgIpc) is 3.06. The molecule has 0 saturated carbocycles. The molecule has 13 nitrogen and oxygen atoms in total. The van der Waals surface area contributed by atoms with Crippen molar-refractivity contribution in [3.8, 4) is 0 Å². The number of aliphatic hydroxyl groups excluding tert-OH is 5. The van der Waals surface area contributed by atoms with Crippen LogP contribution in [0.25, 0.3) is 0 Å². The molecule has 1 fully saturated rings. The number of amides is 1. The van der Waals surface area contributed by atoms with Crippen LogP contribution in [0.1, 0.15) is 117 Å². The second-order valence-electron chi connectivity index (χ2n) is 12.6. The van der Waals surface area contributed by atoms with Gasteiger partial charge in [-0.15, -0.1) is 0 Å². The number of nitrogens with one attached hydrogen (secondary N) is 1. The van der Waals surface area contributed by atoms with Crippen LogP contribution in [0.2, 0.25) is 0 Å². The van der Waals surface area contributed by atoms with Crippen LogP contribution in [-0.4, -0.2) is 107 Å². The van der Waals surface area contributed by atoms with E-state index in [0.29, 0.717) is 12.8 Å². The minimum atomic E-state index is -5.11. The van der Waals surface area contributed by atoms with Crippen LogP contribution in [0.15, 0.2) is 36.5 Å². The summed E-state index contributed by atoms with van der Waals surface area (Å²) in [5.41, 5.74) is 0. The summed E-state index contributed by atoms with van der Waals surface area (Å²) >= 11 is 0. The number of allylic oxidation sites excluding steroid dienone is 5. The molecular weight excluding hydrogens is 658 g/mol. The average molecular weight is 722 g/mol. The van der Waals surface area contributed by atoms with E-state index in [9.17, 15) is 38.7 Å². The minimum Gasteiger partial charge on any atom is -0.394 e. The van der Waals surface area contributed by atoms with E-state index in [-0.39, 0.29) is 6.42 Å². The standard InChI is InChI=1S/C35H63NO12S/c1-3-5-7-9-11-13-14-15-16-18-19-21-23-28(38)27(36-34(42)29(39)24-22-20-17-12-10-8-6-4-2)26-46-35-32(41)33(48-49(43,44)45)31(40)30(25-37)47-35/h15-17,20-21,23,27-33,35,37-41H,3-14,18-19,22,24-26H2,1-2H3,(H,36,42)(H,43,44,45)/b16-15+,20-17-,23-21+. The summed E-state index contributed by atoms with van der Waals surface area (Å²) < 4.78 is 47.1. The third kappa shape index (κ3) is 20.7. The Labute approximate surface area is 293 Å². The summed E-state index contributed by atoms with van der Waals surface area (Å²) in [6.45, 7) is 3.04. The van der Waals surface area contributed by atoms with Crippen molar-refractivity contribution < 1.29 is 57.0 Å². The number of unbranched alkanes of at least 4 members (excludes halogenated alkanes) is 11. The van der Waals surface area contributed by atoms with Gasteiger partial charge in [-0.25, -0.2) is 4.18 Å². The number of hydrogen-bond acceptors (Lipinski definition) is 11. The van der Waals surface area contributed by atoms with Crippen LogP contribution >= 0.6 is 0 Å². The van der Waals surface area contributed by atoms with Crippen LogP contribution in [-0.2, 0) is 28.9 Å². The molecule has 0 aromatic rings. The fourth-order valence-electron chi connectivity index (χ4n) is 5.30. The van der Waals surface area contributed by atoms with Gasteiger partial charge in [0.05, 0.1) is 25.4 Å². The zero-order valence-corrected chi connectivity index (χ0v) is 30.2. The summed E-state index contributed by atoms with van der Waals surface area (Å²) in [5, 5.41) is 54.5. The molecule has 1 aliphatic heterocycles. The minimum absolute atomic E-state index is 0.150. The summed E-state index contributed by atoms with van der Waals surface area (Å²) in [6.07, 6.45) is 15.8. The van der Waals surface area contributed by atoms with Gasteiger partial charge in [0.15, 0.2) is 6.29 Å². The number of carbonyl (C=O) groups excluding carboxylic acids is 1. The highest BCUT2D eigenvalue weighted by molar-refractivity contribution is 7.80. The van der Waals surface area contributed by atoms with Crippen molar-refractivity contribution in [2.24, 2.45) is 0 Å². The Kier molecular flexibility index (Phi) is 25.0. The summed E-state index contributed by atoms with van der Waals surface area (Å²) in [5.74, 6) is -0.753. The van der Waals surface area contributed by atoms with E-state index in [0.717, 1.165) is 44.9 Å². The second-order valence-corrected chi connectivity index (χ2v) is 13.6. The molecule has 1 rings (SSSR count). The molecule has 8 unspecified atom stereocenters. The first-order valence-electron chi connectivity index (χ1n) is 18.0. The Morgan fingerprint density at radius 3 is 1.98 bits per heavy atom. The van der Waals surface area contributed by atoms with E-state index in [2.05, 4.69) is 35.5 Å². The molecule has 1 saturated heterocycles. The van der Waals surface area contributed by atoms with Gasteiger partial charge in [-0.3, -0.25) is 9.35 Å². The zero-order valence-electron chi connectivity index (χ0n) is 29.4. The molecule has 49 heavy (non-hydrogen) atoms. The van der Waals surface area contributed by atoms with Crippen molar-refractivity contribution in [2.75, 3.05) is 13.2 Å². The lowest BCUT2D eigenvalue weighted by Crippen LogP contribution is -2.61. The molecule has 8 atom stereocenters. The highest BCUT2D eigenvalue weighted by Gasteiger charge is 2.48. The normalized spacial score (nSPS) is 23.8. The molecule has 7 N–H and O–H groups in total. The molecule has 1 amide bonds. The monoisotopic (exact) mass is 721 g/mol. The van der Waals surface area contributed by atoms with Crippen molar-refractivity contribution in [1.29, 1.82) is 0 Å². The first kappa shape index (κ1) is 45.3. The van der Waals surface area contributed by atoms with Gasteiger partial charge in [0, 0.05) is 0 Å². The lowest BCUT2D eigenvalue weighted by atomic mass is 9.99. The smallest absolute Gasteiger partial charge is 0.394 e. The number of aliphatic hydroxyl groups is 5. The zero-order chi connectivity index (χ0) is 36.5. The highest BCUT2D eigenvalue weighted by atomic mass is 32.3. The number of carbonyl (C=O) groups is 1. The topological polar surface area (TPSA) is 212 Å². The van der Waals surface area contributed by atoms with Gasteiger partial charge in [0.25, 0.3) is 0 Å². The lowest BCUT2D eigenvalue weighted by molar-refractivity contribution is -0.298. The second kappa shape index (κ2) is 27.0. The first-order valence-corrected chi connectivity index (χ1v) is 19.3. The van der Waals surface area contributed by atoms with Gasteiger partial charge in [0.1, 0.15) is 30.5 Å². The van der Waals surface area contributed by atoms with Crippen molar-refractivity contribution in [3.63, 3.8) is 0 Å². The van der Waals surface area contributed by atoms with Crippen LogP contribution in [0.5, 0.6) is 0 Å². The fraction of sp³-hybridized carbons (Fsp3) is 0.800. The van der Waals surface area contributed by atoms with Crippen molar-refractivity contribution in [3.05, 3.63) is 36.5 Å². The predicted molar refractivity (Wildman–Crippen MR) is 187 cm³/mol. The van der Waals surface area contributed by atoms with Gasteiger partial charge < -0.3 is 40.3 Å². The van der Waals surface area contributed by atoms with Gasteiger partial charge in [-0.05, 0) is 51.4 Å². The molecule has 0 aromatic heterocycles. The summed E-state index contributed by atoms with van der Waals surface area (Å²) in [7, 11) is -5.11. The van der Waals surface area contributed by atoms with Gasteiger partial charge in [-0.1, -0.05) is 102 Å². The summed E-state index contributed by atoms with van der Waals surface area (Å²) in [6, 6.07) is -1.15. The molecule has 0 radical (unpaired) electrons. The predicted octanol–water partition coefficient (Wildman–Crippen LogP) is 3.79. The Morgan fingerprint density at radius 2 is 1.37 bits per heavy atom. The highest BCUT2D eigenvalue weighted by Crippen LogP contribution is 2.26. The number of ether oxygens (including phenoxy) is 2. The Bertz CT molecular complexity index is 1050. The SMILES string of the molecule is CCCCCC/C=C\CCC(O)C(=O)NC(COC1OC(CO)C(O)C(OS(=O)(=O)O)C1O)C(O)/C=C/CC/C=C/CCCCCCCC. The molecular formula is C35H63NO12S. The summed E-state index contributed by atoms with van der Waals surface area (Å²) in [4.78, 5) is 12.9. The largest absolute Gasteiger partial charge is 0.397 e. The van der Waals surface area contributed by atoms with Gasteiger partial charge in [-0.2, -0.15) is 8.42 Å². The maximum Gasteiger partial charge on any atom is 0.397 e. The maximum absolute atomic E-state index is 12.9. The third-order valence-corrected chi connectivity index (χ3v) is 8.72. The van der Waals surface area contributed by atoms with Crippen LogP contribution in [0, 0.1) is 0 Å². The number of hydrogen-bond donors (Lipinski definition) is 7. The Balaban J connectivity index is 2.82. The maximum atomic E-state index is 12.9. The Morgan fingerprint density at radius 1 is 0.816 bits per heavy atom. The first-order chi connectivity index (χ1) is 23.4. The fourth-order valence-corrected chi connectivity index (χ4v) is 5.81. The van der Waals surface area contributed by atoms with E-state index in [4.69, 9.17) is 14.0 Å². The molecule has 0 aromatic carbocycles. The quantitative estimate of drug-likeness (QED) is 0.0350. The molecule has 14 heteroatoms. The van der Waals surface area contributed by atoms with Crippen LogP contribution in [0.4, 0.5) is 0 Å². The van der Waals surface area contributed by atoms with Crippen LogP contribution in [0.3, 0.4) is 0 Å². The van der Waals surface area contributed by atoms with Crippen molar-refractivity contribution >= 4 is 16.3 Å². The molecule has 1 aliphatic rings. The van der Waals surface area contributed by atoms with Crippen molar-refractivity contribution in [1.82, 2.24) is 5.32 Å². The number of rotatable bonds is 28. The Hall–Kier alpha value is -1.72. The molecule has 0 spiro atoms. The van der Waals surface area contributed by atoms with Crippen molar-refractivity contribution in [2.45, 2.75) is 166 Å². The molecule has 0 bridgehead atoms. The van der Waals surface area contributed by atoms with Gasteiger partial charge in [0.2, 0.25) is 5.91 Å². The molecule has 286 valence electrons. The van der Waals surface area contributed by atoms with E-state index in [1.807, 2.05) is 12.2 Å². The van der Waals surface area contributed by atoms with E-state index < -0.39 is 78.5 Å². The third-order valence-electron chi connectivity index (χ3n) is 8.26. The lowest BCUT2D eigenvalue weighted by Gasteiger charge is -2.41.